The third-order valence-corrected chi connectivity index (χ3v) is 2.53. The highest BCUT2D eigenvalue weighted by molar-refractivity contribution is 5.83. The summed E-state index contributed by atoms with van der Waals surface area (Å²) in [5.41, 5.74) is -0.940. The predicted molar refractivity (Wildman–Crippen MR) is 77.5 cm³/mol. The highest BCUT2D eigenvalue weighted by atomic mass is 16.5. The van der Waals surface area contributed by atoms with Crippen molar-refractivity contribution in [1.29, 1.82) is 0 Å². The summed E-state index contributed by atoms with van der Waals surface area (Å²) >= 11 is 0. The summed E-state index contributed by atoms with van der Waals surface area (Å²) in [5, 5.41) is 16.8. The highest BCUT2D eigenvalue weighted by Gasteiger charge is 2.04. The first-order valence-electron chi connectivity index (χ1n) is 5.86. The molecule has 0 saturated heterocycles. The van der Waals surface area contributed by atoms with Crippen LogP contribution >= 0.6 is 0 Å². The van der Waals surface area contributed by atoms with Gasteiger partial charge in [-0.25, -0.2) is 4.79 Å². The number of rotatable bonds is 4. The summed E-state index contributed by atoms with van der Waals surface area (Å²) in [5.74, 6) is 0.160. The first-order valence-corrected chi connectivity index (χ1v) is 5.86. The van der Waals surface area contributed by atoms with E-state index >= 15 is 0 Å². The van der Waals surface area contributed by atoms with E-state index in [1.807, 2.05) is 9.97 Å². The van der Waals surface area contributed by atoms with Gasteiger partial charge < -0.3 is 9.84 Å². The predicted octanol–water partition coefficient (Wildman–Crippen LogP) is 0.230. The summed E-state index contributed by atoms with van der Waals surface area (Å²) in [7, 11) is 1.57. The SMILES string of the molecule is COc1ccc(C=NN=Cc2c(O)[nH]c(=O)[nH]c2=O)cc1. The molecule has 3 N–H and O–H groups in total. The standard InChI is InChI=1S/C13H12N4O4/c1-21-9-4-2-8(3-5-9)6-14-15-7-10-11(18)16-13(20)17-12(10)19/h2-7H,1H3,(H3,16,17,18,19,20). The zero-order valence-electron chi connectivity index (χ0n) is 11.0. The number of methoxy groups -OCH3 is 1. The molecule has 108 valence electrons. The fourth-order valence-corrected chi connectivity index (χ4v) is 1.48. The minimum Gasteiger partial charge on any atom is -0.497 e. The molecule has 0 bridgehead atoms. The van der Waals surface area contributed by atoms with E-state index in [1.165, 1.54) is 6.21 Å². The minimum absolute atomic E-state index is 0.179. The van der Waals surface area contributed by atoms with Crippen LogP contribution in [0.3, 0.4) is 0 Å². The maximum atomic E-state index is 11.4. The smallest absolute Gasteiger partial charge is 0.328 e. The molecule has 0 unspecified atom stereocenters. The summed E-state index contributed by atoms with van der Waals surface area (Å²) in [6.07, 6.45) is 2.51. The van der Waals surface area contributed by atoms with E-state index in [2.05, 4.69) is 10.2 Å². The molecule has 0 amide bonds. The Hall–Kier alpha value is -3.16. The molecule has 0 aliphatic heterocycles. The van der Waals surface area contributed by atoms with Gasteiger partial charge >= 0.3 is 5.69 Å². The van der Waals surface area contributed by atoms with Crippen LogP contribution in [0.25, 0.3) is 0 Å². The Morgan fingerprint density at radius 3 is 2.38 bits per heavy atom. The van der Waals surface area contributed by atoms with Crippen molar-refractivity contribution in [2.75, 3.05) is 7.11 Å². The van der Waals surface area contributed by atoms with Gasteiger partial charge in [0.2, 0.25) is 5.88 Å². The van der Waals surface area contributed by atoms with Gasteiger partial charge in [0, 0.05) is 0 Å². The van der Waals surface area contributed by atoms with Gasteiger partial charge in [-0.15, -0.1) is 0 Å². The fourth-order valence-electron chi connectivity index (χ4n) is 1.48. The summed E-state index contributed by atoms with van der Waals surface area (Å²) in [4.78, 5) is 26.3. The zero-order chi connectivity index (χ0) is 15.2. The molecule has 0 aliphatic carbocycles. The topological polar surface area (TPSA) is 120 Å². The van der Waals surface area contributed by atoms with Crippen LogP contribution in [0.5, 0.6) is 11.6 Å². The van der Waals surface area contributed by atoms with E-state index in [-0.39, 0.29) is 5.56 Å². The van der Waals surface area contributed by atoms with Crippen molar-refractivity contribution in [3.05, 3.63) is 56.2 Å². The van der Waals surface area contributed by atoms with Crippen LogP contribution in [-0.2, 0) is 0 Å². The van der Waals surface area contributed by atoms with E-state index in [0.29, 0.717) is 0 Å². The van der Waals surface area contributed by atoms with Crippen LogP contribution in [-0.4, -0.2) is 34.6 Å². The van der Waals surface area contributed by atoms with Gasteiger partial charge in [-0.3, -0.25) is 14.8 Å². The Kier molecular flexibility index (Phi) is 4.30. The van der Waals surface area contributed by atoms with Crippen molar-refractivity contribution in [3.63, 3.8) is 0 Å². The molecule has 1 heterocycles. The molecule has 0 fully saturated rings. The molecule has 1 aromatic carbocycles. The lowest BCUT2D eigenvalue weighted by Crippen LogP contribution is -2.24. The van der Waals surface area contributed by atoms with E-state index < -0.39 is 17.1 Å². The van der Waals surface area contributed by atoms with Gasteiger partial charge in [0.1, 0.15) is 11.3 Å². The molecule has 1 aromatic heterocycles. The minimum atomic E-state index is -0.795. The number of ether oxygens (including phenoxy) is 1. The molecule has 0 atom stereocenters. The van der Waals surface area contributed by atoms with Gasteiger partial charge in [-0.05, 0) is 29.8 Å². The number of aromatic nitrogens is 2. The number of hydrogen-bond donors (Lipinski definition) is 3. The molecule has 2 rings (SSSR count). The Labute approximate surface area is 118 Å². The second kappa shape index (κ2) is 6.33. The summed E-state index contributed by atoms with van der Waals surface area (Å²) in [6.45, 7) is 0. The molecule has 0 spiro atoms. The zero-order valence-corrected chi connectivity index (χ0v) is 11.0. The molecular weight excluding hydrogens is 276 g/mol. The quantitative estimate of drug-likeness (QED) is 0.551. The monoisotopic (exact) mass is 288 g/mol. The van der Waals surface area contributed by atoms with Crippen molar-refractivity contribution >= 4 is 12.4 Å². The highest BCUT2D eigenvalue weighted by Crippen LogP contribution is 2.09. The van der Waals surface area contributed by atoms with Crippen molar-refractivity contribution in [1.82, 2.24) is 9.97 Å². The average Bonchev–Trinajstić information content (AvgIpc) is 2.46. The lowest BCUT2D eigenvalue weighted by molar-refractivity contribution is 0.415. The second-order valence-corrected chi connectivity index (χ2v) is 3.93. The Morgan fingerprint density at radius 1 is 1.10 bits per heavy atom. The Balaban J connectivity index is 2.13. The van der Waals surface area contributed by atoms with Crippen molar-refractivity contribution in [2.24, 2.45) is 10.2 Å². The van der Waals surface area contributed by atoms with Crippen LogP contribution < -0.4 is 16.0 Å². The van der Waals surface area contributed by atoms with Crippen LogP contribution in [0.1, 0.15) is 11.1 Å². The van der Waals surface area contributed by atoms with Gasteiger partial charge in [-0.2, -0.15) is 10.2 Å². The van der Waals surface area contributed by atoms with E-state index in [1.54, 1.807) is 31.4 Å². The third-order valence-electron chi connectivity index (χ3n) is 2.53. The molecular formula is C13H12N4O4. The van der Waals surface area contributed by atoms with E-state index in [4.69, 9.17) is 4.74 Å². The molecule has 0 saturated carbocycles. The number of aromatic hydroxyl groups is 1. The van der Waals surface area contributed by atoms with Crippen LogP contribution in [0, 0.1) is 0 Å². The van der Waals surface area contributed by atoms with Gasteiger partial charge in [0.25, 0.3) is 5.56 Å². The molecule has 0 radical (unpaired) electrons. The number of aromatic amines is 2. The van der Waals surface area contributed by atoms with E-state index in [9.17, 15) is 14.7 Å². The number of benzene rings is 1. The van der Waals surface area contributed by atoms with Gasteiger partial charge in [0.05, 0.1) is 19.5 Å². The Bertz CT molecular complexity index is 787. The van der Waals surface area contributed by atoms with E-state index in [0.717, 1.165) is 17.5 Å². The molecule has 2 aromatic rings. The van der Waals surface area contributed by atoms with Gasteiger partial charge in [0.15, 0.2) is 0 Å². The lowest BCUT2D eigenvalue weighted by atomic mass is 10.2. The average molecular weight is 288 g/mol. The lowest BCUT2D eigenvalue weighted by Gasteiger charge is -1.97. The van der Waals surface area contributed by atoms with Crippen LogP contribution in [0.15, 0.2) is 44.1 Å². The molecule has 0 aliphatic rings. The summed E-state index contributed by atoms with van der Waals surface area (Å²) < 4.78 is 5.02. The number of nitrogens with one attached hydrogen (secondary N) is 2. The van der Waals surface area contributed by atoms with Gasteiger partial charge in [-0.1, -0.05) is 0 Å². The summed E-state index contributed by atoms with van der Waals surface area (Å²) in [6, 6.07) is 7.09. The number of hydrogen-bond acceptors (Lipinski definition) is 6. The normalized spacial score (nSPS) is 11.3. The van der Waals surface area contributed by atoms with Crippen molar-refractivity contribution < 1.29 is 9.84 Å². The fraction of sp³-hybridized carbons (Fsp3) is 0.0769. The Morgan fingerprint density at radius 2 is 1.76 bits per heavy atom. The largest absolute Gasteiger partial charge is 0.497 e. The number of H-pyrrole nitrogens is 2. The molecule has 21 heavy (non-hydrogen) atoms. The first-order chi connectivity index (χ1) is 10.1. The maximum absolute atomic E-state index is 11.4. The second-order valence-electron chi connectivity index (χ2n) is 3.93. The van der Waals surface area contributed by atoms with Crippen LogP contribution in [0.4, 0.5) is 0 Å². The maximum Gasteiger partial charge on any atom is 0.328 e. The first kappa shape index (κ1) is 14.3. The molecule has 8 nitrogen and oxygen atoms in total. The van der Waals surface area contributed by atoms with Crippen LogP contribution in [0.2, 0.25) is 0 Å². The third kappa shape index (κ3) is 3.66. The number of nitrogens with zero attached hydrogens (tertiary/aromatic N) is 2. The molecule has 8 heteroatoms. The van der Waals surface area contributed by atoms with Crippen molar-refractivity contribution in [3.8, 4) is 11.6 Å². The van der Waals surface area contributed by atoms with Crippen molar-refractivity contribution in [2.45, 2.75) is 0 Å².